The molecule has 0 spiro atoms. The second-order valence-electron chi connectivity index (χ2n) is 5.49. The molecule has 6 heteroatoms. The van der Waals surface area contributed by atoms with Crippen molar-refractivity contribution in [1.82, 2.24) is 20.0 Å². The van der Waals surface area contributed by atoms with E-state index in [0.29, 0.717) is 6.54 Å². The molecule has 2 aromatic heterocycles. The maximum atomic E-state index is 12.5. The molecule has 1 aliphatic heterocycles. The minimum absolute atomic E-state index is 0.0309. The number of carbonyl (C=O) groups excluding carboxylic acids is 1. The summed E-state index contributed by atoms with van der Waals surface area (Å²) in [6, 6.07) is 4.33. The van der Waals surface area contributed by atoms with Crippen LogP contribution in [0.3, 0.4) is 0 Å². The van der Waals surface area contributed by atoms with Crippen LogP contribution < -0.4 is 5.32 Å². The number of aromatic nitrogens is 2. The summed E-state index contributed by atoms with van der Waals surface area (Å²) < 4.78 is 1.84. The van der Waals surface area contributed by atoms with Gasteiger partial charge in [-0.3, -0.25) is 4.68 Å². The Morgan fingerprint density at radius 3 is 3.24 bits per heavy atom. The standard InChI is InChI=1S/C15H20N4OS/c1-12(10-18-7-3-6-16-18)17-15(20)19-8-2-4-14(19)13-5-9-21-11-13/h3,5-7,9,11-12,14H,2,4,8,10H2,1H3,(H,17,20). The molecule has 5 nitrogen and oxygen atoms in total. The van der Waals surface area contributed by atoms with Crippen LogP contribution in [0.25, 0.3) is 0 Å². The molecule has 0 aliphatic carbocycles. The van der Waals surface area contributed by atoms with Crippen molar-refractivity contribution >= 4 is 17.4 Å². The molecule has 2 atom stereocenters. The molecule has 1 aliphatic rings. The first-order chi connectivity index (χ1) is 10.2. The normalized spacial score (nSPS) is 19.7. The topological polar surface area (TPSA) is 50.2 Å². The maximum Gasteiger partial charge on any atom is 0.318 e. The number of carbonyl (C=O) groups is 1. The van der Waals surface area contributed by atoms with Crippen LogP contribution in [0.1, 0.15) is 31.4 Å². The number of nitrogens with one attached hydrogen (secondary N) is 1. The second-order valence-corrected chi connectivity index (χ2v) is 6.27. The minimum atomic E-state index is 0.0309. The summed E-state index contributed by atoms with van der Waals surface area (Å²) in [4.78, 5) is 14.4. The molecule has 3 heterocycles. The maximum absolute atomic E-state index is 12.5. The molecule has 1 N–H and O–H groups in total. The van der Waals surface area contributed by atoms with Crippen LogP contribution in [0.4, 0.5) is 4.79 Å². The molecule has 0 bridgehead atoms. The Morgan fingerprint density at radius 2 is 2.52 bits per heavy atom. The van der Waals surface area contributed by atoms with Crippen molar-refractivity contribution in [2.24, 2.45) is 0 Å². The van der Waals surface area contributed by atoms with Gasteiger partial charge in [-0.15, -0.1) is 0 Å². The van der Waals surface area contributed by atoms with Crippen LogP contribution in [0, 0.1) is 0 Å². The SMILES string of the molecule is CC(Cn1cccn1)NC(=O)N1CCCC1c1ccsc1. The van der Waals surface area contributed by atoms with E-state index < -0.39 is 0 Å². The molecule has 2 aromatic rings. The number of likely N-dealkylation sites (tertiary alicyclic amines) is 1. The van der Waals surface area contributed by atoms with E-state index in [9.17, 15) is 4.79 Å². The molecule has 1 saturated heterocycles. The van der Waals surface area contributed by atoms with Crippen molar-refractivity contribution in [1.29, 1.82) is 0 Å². The van der Waals surface area contributed by atoms with E-state index in [0.717, 1.165) is 19.4 Å². The second kappa shape index (κ2) is 6.30. The number of urea groups is 1. The highest BCUT2D eigenvalue weighted by atomic mass is 32.1. The zero-order valence-electron chi connectivity index (χ0n) is 12.1. The number of amides is 2. The van der Waals surface area contributed by atoms with Crippen molar-refractivity contribution in [3.63, 3.8) is 0 Å². The smallest absolute Gasteiger partial charge is 0.318 e. The molecule has 0 saturated carbocycles. The zero-order valence-corrected chi connectivity index (χ0v) is 12.9. The van der Waals surface area contributed by atoms with Crippen LogP contribution in [0.5, 0.6) is 0 Å². The van der Waals surface area contributed by atoms with Gasteiger partial charge in [-0.25, -0.2) is 4.79 Å². The molecular formula is C15H20N4OS. The van der Waals surface area contributed by atoms with Gasteiger partial charge in [0, 0.05) is 25.0 Å². The predicted octanol–water partition coefficient (Wildman–Crippen LogP) is 2.88. The summed E-state index contributed by atoms with van der Waals surface area (Å²) in [7, 11) is 0. The fourth-order valence-corrected chi connectivity index (χ4v) is 3.56. The third kappa shape index (κ3) is 3.26. The van der Waals surface area contributed by atoms with Gasteiger partial charge in [-0.05, 0) is 48.2 Å². The summed E-state index contributed by atoms with van der Waals surface area (Å²) >= 11 is 1.69. The lowest BCUT2D eigenvalue weighted by molar-refractivity contribution is 0.188. The van der Waals surface area contributed by atoms with E-state index in [-0.39, 0.29) is 18.1 Å². The Balaban J connectivity index is 1.59. The number of nitrogens with zero attached hydrogens (tertiary/aromatic N) is 3. The van der Waals surface area contributed by atoms with Crippen LogP contribution in [0.2, 0.25) is 0 Å². The summed E-state index contributed by atoms with van der Waals surface area (Å²) in [6.45, 7) is 3.53. The van der Waals surface area contributed by atoms with Gasteiger partial charge in [0.2, 0.25) is 0 Å². The zero-order chi connectivity index (χ0) is 14.7. The molecule has 2 amide bonds. The van der Waals surface area contributed by atoms with Crippen LogP contribution in [0.15, 0.2) is 35.3 Å². The fraction of sp³-hybridized carbons (Fsp3) is 0.467. The Bertz CT molecular complexity index is 567. The molecule has 3 rings (SSSR count). The van der Waals surface area contributed by atoms with Gasteiger partial charge in [0.25, 0.3) is 0 Å². The van der Waals surface area contributed by atoms with E-state index in [4.69, 9.17) is 0 Å². The predicted molar refractivity (Wildman–Crippen MR) is 83.2 cm³/mol. The van der Waals surface area contributed by atoms with E-state index >= 15 is 0 Å². The van der Waals surface area contributed by atoms with E-state index in [1.165, 1.54) is 5.56 Å². The first-order valence-electron chi connectivity index (χ1n) is 7.30. The first kappa shape index (κ1) is 14.1. The fourth-order valence-electron chi connectivity index (χ4n) is 2.85. The van der Waals surface area contributed by atoms with Crippen molar-refractivity contribution in [2.45, 2.75) is 38.4 Å². The Labute approximate surface area is 128 Å². The third-order valence-corrected chi connectivity index (χ3v) is 4.53. The molecular weight excluding hydrogens is 284 g/mol. The van der Waals surface area contributed by atoms with E-state index in [1.807, 2.05) is 28.8 Å². The molecule has 112 valence electrons. The van der Waals surface area contributed by atoms with Crippen LogP contribution >= 0.6 is 11.3 Å². The number of hydrogen-bond acceptors (Lipinski definition) is 3. The van der Waals surface area contributed by atoms with E-state index in [1.54, 1.807) is 17.5 Å². The first-order valence-corrected chi connectivity index (χ1v) is 8.25. The van der Waals surface area contributed by atoms with Crippen molar-refractivity contribution < 1.29 is 4.79 Å². The summed E-state index contributed by atoms with van der Waals surface area (Å²) in [5.74, 6) is 0. The average molecular weight is 304 g/mol. The van der Waals surface area contributed by atoms with Gasteiger partial charge >= 0.3 is 6.03 Å². The summed E-state index contributed by atoms with van der Waals surface area (Å²) in [5.41, 5.74) is 1.26. The lowest BCUT2D eigenvalue weighted by atomic mass is 10.1. The molecule has 1 fully saturated rings. The molecule has 0 aromatic carbocycles. The molecule has 2 unspecified atom stereocenters. The van der Waals surface area contributed by atoms with Gasteiger partial charge in [-0.2, -0.15) is 16.4 Å². The van der Waals surface area contributed by atoms with Gasteiger partial charge < -0.3 is 10.2 Å². The Morgan fingerprint density at radius 1 is 1.62 bits per heavy atom. The average Bonchev–Trinajstić information content (AvgIpc) is 3.20. The highest BCUT2D eigenvalue weighted by Gasteiger charge is 2.30. The van der Waals surface area contributed by atoms with Crippen molar-refractivity contribution in [3.8, 4) is 0 Å². The number of rotatable bonds is 4. The monoisotopic (exact) mass is 304 g/mol. The molecule has 21 heavy (non-hydrogen) atoms. The summed E-state index contributed by atoms with van der Waals surface area (Å²) in [6.07, 6.45) is 5.79. The third-order valence-electron chi connectivity index (χ3n) is 3.83. The lowest BCUT2D eigenvalue weighted by Gasteiger charge is -2.26. The van der Waals surface area contributed by atoms with Gasteiger partial charge in [0.1, 0.15) is 0 Å². The van der Waals surface area contributed by atoms with Crippen molar-refractivity contribution in [3.05, 3.63) is 40.8 Å². The van der Waals surface area contributed by atoms with E-state index in [2.05, 4.69) is 27.2 Å². The lowest BCUT2D eigenvalue weighted by Crippen LogP contribution is -2.44. The van der Waals surface area contributed by atoms with Gasteiger partial charge in [0.05, 0.1) is 12.6 Å². The quantitative estimate of drug-likeness (QED) is 0.944. The Kier molecular flexibility index (Phi) is 4.24. The van der Waals surface area contributed by atoms with Gasteiger partial charge in [0.15, 0.2) is 0 Å². The largest absolute Gasteiger partial charge is 0.334 e. The van der Waals surface area contributed by atoms with Crippen LogP contribution in [-0.4, -0.2) is 33.3 Å². The van der Waals surface area contributed by atoms with Crippen molar-refractivity contribution in [2.75, 3.05) is 6.54 Å². The van der Waals surface area contributed by atoms with Gasteiger partial charge in [-0.1, -0.05) is 0 Å². The summed E-state index contributed by atoms with van der Waals surface area (Å²) in [5, 5.41) is 11.5. The highest BCUT2D eigenvalue weighted by molar-refractivity contribution is 7.07. The Hall–Kier alpha value is -1.82. The highest BCUT2D eigenvalue weighted by Crippen LogP contribution is 2.32. The molecule has 0 radical (unpaired) electrons. The minimum Gasteiger partial charge on any atom is -0.334 e. The number of thiophene rings is 1. The number of hydrogen-bond donors (Lipinski definition) is 1. The van der Waals surface area contributed by atoms with Crippen LogP contribution in [-0.2, 0) is 6.54 Å².